The molecular weight excluding hydrogens is 588 g/mol. The molecule has 0 aliphatic heterocycles. The third kappa shape index (κ3) is 9.40. The fourth-order valence-corrected chi connectivity index (χ4v) is 5.92. The van der Waals surface area contributed by atoms with Crippen molar-refractivity contribution in [1.29, 1.82) is 0 Å². The second-order valence-corrected chi connectivity index (χ2v) is 14.5. The number of nitrogens with zero attached hydrogens (tertiary/aromatic N) is 3. The molecule has 244 valence electrons. The normalized spacial score (nSPS) is 21.8. The van der Waals surface area contributed by atoms with Crippen LogP contribution in [0.2, 0.25) is 0 Å². The molecule has 2 fully saturated rings. The first-order valence-electron chi connectivity index (χ1n) is 15.4. The Labute approximate surface area is 264 Å². The minimum atomic E-state index is -0.927. The number of nitrogens with one attached hydrogen (secondary N) is 1. The van der Waals surface area contributed by atoms with Crippen molar-refractivity contribution in [2.75, 3.05) is 34.9 Å². The Morgan fingerprint density at radius 1 is 1.07 bits per heavy atom. The lowest BCUT2D eigenvalue weighted by Crippen LogP contribution is -2.40. The number of rotatable bonds is 12. The Morgan fingerprint density at radius 2 is 1.82 bits per heavy atom. The predicted octanol–water partition coefficient (Wildman–Crippen LogP) is 7.30. The molecule has 3 unspecified atom stereocenters. The average molecular weight is 636 g/mol. The molecule has 2 aliphatic rings. The lowest BCUT2D eigenvalue weighted by molar-refractivity contribution is -0.0502. The van der Waals surface area contributed by atoms with Crippen LogP contribution in [0.25, 0.3) is 0 Å². The van der Waals surface area contributed by atoms with E-state index < -0.39 is 29.4 Å². The first-order chi connectivity index (χ1) is 20.6. The lowest BCUT2D eigenvalue weighted by atomic mass is 10.1. The van der Waals surface area contributed by atoms with Gasteiger partial charge < -0.3 is 25.3 Å². The van der Waals surface area contributed by atoms with Crippen LogP contribution in [-0.2, 0) is 14.2 Å². The van der Waals surface area contributed by atoms with Crippen LogP contribution in [0, 0.1) is 11.6 Å². The van der Waals surface area contributed by atoms with Gasteiger partial charge in [0.2, 0.25) is 0 Å². The summed E-state index contributed by atoms with van der Waals surface area (Å²) in [5.41, 5.74) is 6.57. The summed E-state index contributed by atoms with van der Waals surface area (Å²) >= 11 is 1.48. The van der Waals surface area contributed by atoms with Gasteiger partial charge in [0.15, 0.2) is 28.4 Å². The van der Waals surface area contributed by atoms with E-state index >= 15 is 0 Å². The molecule has 1 aromatic heterocycles. The van der Waals surface area contributed by atoms with Gasteiger partial charge >= 0.3 is 6.09 Å². The Morgan fingerprint density at radius 3 is 2.48 bits per heavy atom. The van der Waals surface area contributed by atoms with E-state index in [1.807, 2.05) is 20.8 Å². The van der Waals surface area contributed by atoms with Gasteiger partial charge in [0.1, 0.15) is 11.3 Å². The largest absolute Gasteiger partial charge is 0.443 e. The molecule has 3 N–H and O–H groups in total. The number of carbonyl (C=O) groups is 1. The van der Waals surface area contributed by atoms with Gasteiger partial charge in [-0.1, -0.05) is 24.8 Å². The minimum Gasteiger partial charge on any atom is -0.443 e. The van der Waals surface area contributed by atoms with E-state index in [2.05, 4.69) is 12.2 Å². The first kappa shape index (κ1) is 34.2. The Bertz CT molecular complexity index is 1300. The van der Waals surface area contributed by atoms with Crippen molar-refractivity contribution in [1.82, 2.24) is 9.97 Å². The van der Waals surface area contributed by atoms with Gasteiger partial charge in [-0.15, -0.1) is 0 Å². The number of nitrogens with two attached hydrogens (primary N) is 1. The molecule has 0 saturated heterocycles. The number of halogens is 2. The number of nitrogen functional groups attached to an aromatic ring is 1. The number of amides is 1. The van der Waals surface area contributed by atoms with Gasteiger partial charge in [-0.3, -0.25) is 4.90 Å². The Balaban J connectivity index is 1.58. The van der Waals surface area contributed by atoms with Crippen molar-refractivity contribution < 1.29 is 27.8 Å². The van der Waals surface area contributed by atoms with Gasteiger partial charge in [0.05, 0.1) is 24.9 Å². The summed E-state index contributed by atoms with van der Waals surface area (Å²) in [6.45, 7) is 14.5. The van der Waals surface area contributed by atoms with Crippen LogP contribution in [0.15, 0.2) is 23.4 Å². The fraction of sp³-hybridized carbons (Fsp3) is 0.656. The van der Waals surface area contributed by atoms with Gasteiger partial charge in [-0.25, -0.2) is 23.5 Å². The summed E-state index contributed by atoms with van der Waals surface area (Å²) in [4.78, 5) is 24.6. The summed E-state index contributed by atoms with van der Waals surface area (Å²) < 4.78 is 45.4. The quantitative estimate of drug-likeness (QED) is 0.141. The highest BCUT2D eigenvalue weighted by molar-refractivity contribution is 7.99. The van der Waals surface area contributed by atoms with Gasteiger partial charge in [-0.05, 0) is 91.3 Å². The van der Waals surface area contributed by atoms with E-state index in [1.54, 1.807) is 26.8 Å². The van der Waals surface area contributed by atoms with Gasteiger partial charge in [-0.2, -0.15) is 0 Å². The molecule has 2 aromatic rings. The van der Waals surface area contributed by atoms with Crippen molar-refractivity contribution in [3.8, 4) is 0 Å². The number of anilines is 3. The van der Waals surface area contributed by atoms with Gasteiger partial charge in [0, 0.05) is 23.8 Å². The van der Waals surface area contributed by atoms with E-state index in [0.29, 0.717) is 36.2 Å². The van der Waals surface area contributed by atoms with E-state index in [4.69, 9.17) is 29.9 Å². The third-order valence-electron chi connectivity index (χ3n) is 7.32. The molecule has 0 spiro atoms. The maximum absolute atomic E-state index is 14.1. The van der Waals surface area contributed by atoms with E-state index in [0.717, 1.165) is 37.5 Å². The minimum absolute atomic E-state index is 0.0726. The topological polar surface area (TPSA) is 112 Å². The summed E-state index contributed by atoms with van der Waals surface area (Å²) in [5.74, 6) is -0.592. The molecule has 1 heterocycles. The monoisotopic (exact) mass is 635 g/mol. The summed E-state index contributed by atoms with van der Waals surface area (Å²) in [6.07, 6.45) is 3.46. The molecule has 1 amide bonds. The third-order valence-corrected chi connectivity index (χ3v) is 8.37. The zero-order valence-electron chi connectivity index (χ0n) is 26.9. The first-order valence-corrected chi connectivity index (χ1v) is 16.4. The SMILES string of the molecule is CCCSc1nc(NC2CCC(OCCOC(C)(C)C)C2)c(N)c(N(C(=O)OC(C)(C)C)C2C[C@@H]2c2ccc(F)c(F)c2)n1. The van der Waals surface area contributed by atoms with E-state index in [-0.39, 0.29) is 35.2 Å². The van der Waals surface area contributed by atoms with E-state index in [9.17, 15) is 13.6 Å². The number of aromatic nitrogens is 2. The highest BCUT2D eigenvalue weighted by atomic mass is 32.2. The van der Waals surface area contributed by atoms with Crippen LogP contribution in [-0.4, -0.2) is 64.4 Å². The molecule has 0 radical (unpaired) electrons. The Hall–Kier alpha value is -2.70. The predicted molar refractivity (Wildman–Crippen MR) is 170 cm³/mol. The number of benzene rings is 1. The molecule has 0 bridgehead atoms. The molecule has 4 atom stereocenters. The van der Waals surface area contributed by atoms with Crippen molar-refractivity contribution in [3.63, 3.8) is 0 Å². The molecule has 1 aromatic carbocycles. The molecular formula is C32H47F2N5O4S. The standard InChI is InChI=1S/C32H47F2N5O4S/c1-8-15-44-29-37-27(36-20-10-11-21(17-20)41-13-14-42-31(2,3)4)26(35)28(38-29)39(30(40)43-32(5,6)7)25-18-22(25)19-9-12-23(33)24(34)16-19/h9,12,16,20-22,25H,8,10-11,13-15,17-18,35H2,1-7H3,(H,36,37,38)/t20?,21?,22-,25?/m1/s1. The zero-order chi connectivity index (χ0) is 32.2. The number of hydrogen-bond acceptors (Lipinski definition) is 9. The van der Waals surface area contributed by atoms with Gasteiger partial charge in [0.25, 0.3) is 0 Å². The maximum Gasteiger partial charge on any atom is 0.416 e. The smallest absolute Gasteiger partial charge is 0.416 e. The number of hydrogen-bond donors (Lipinski definition) is 2. The van der Waals surface area contributed by atoms with Crippen LogP contribution >= 0.6 is 11.8 Å². The van der Waals surface area contributed by atoms with Crippen LogP contribution in [0.4, 0.5) is 30.9 Å². The molecule has 44 heavy (non-hydrogen) atoms. The zero-order valence-corrected chi connectivity index (χ0v) is 27.7. The average Bonchev–Trinajstić information content (AvgIpc) is 3.57. The van der Waals surface area contributed by atoms with Crippen LogP contribution in [0.3, 0.4) is 0 Å². The number of thioether (sulfide) groups is 1. The summed E-state index contributed by atoms with van der Waals surface area (Å²) in [5, 5.41) is 3.99. The second kappa shape index (κ2) is 14.2. The highest BCUT2D eigenvalue weighted by Gasteiger charge is 2.48. The van der Waals surface area contributed by atoms with Crippen molar-refractivity contribution in [2.24, 2.45) is 0 Å². The van der Waals surface area contributed by atoms with Crippen molar-refractivity contribution in [3.05, 3.63) is 35.4 Å². The number of carbonyl (C=O) groups excluding carboxylic acids is 1. The van der Waals surface area contributed by atoms with Crippen molar-refractivity contribution in [2.45, 2.75) is 121 Å². The maximum atomic E-state index is 14.1. The molecule has 12 heteroatoms. The molecule has 2 aliphatic carbocycles. The summed E-state index contributed by atoms with van der Waals surface area (Å²) in [7, 11) is 0. The van der Waals surface area contributed by atoms with Crippen LogP contribution in [0.1, 0.15) is 92.1 Å². The van der Waals surface area contributed by atoms with Crippen molar-refractivity contribution >= 4 is 35.2 Å². The lowest BCUT2D eigenvalue weighted by Gasteiger charge is -2.29. The van der Waals surface area contributed by atoms with E-state index in [1.165, 1.54) is 22.7 Å². The molecule has 4 rings (SSSR count). The fourth-order valence-electron chi connectivity index (χ4n) is 5.23. The Kier molecular flexibility index (Phi) is 11.0. The van der Waals surface area contributed by atoms with Crippen LogP contribution < -0.4 is 16.0 Å². The summed E-state index contributed by atoms with van der Waals surface area (Å²) in [6, 6.07) is 3.50. The highest BCUT2D eigenvalue weighted by Crippen LogP contribution is 2.48. The number of ether oxygens (including phenoxy) is 3. The molecule has 2 saturated carbocycles. The molecule has 9 nitrogen and oxygen atoms in total. The second-order valence-electron chi connectivity index (χ2n) is 13.5. The van der Waals surface area contributed by atoms with Crippen LogP contribution in [0.5, 0.6) is 0 Å².